The number of carbonyl (C=O) groups is 3. The molecule has 0 unspecified atom stereocenters. The zero-order chi connectivity index (χ0) is 21.5. The Morgan fingerprint density at radius 3 is 2.40 bits per heavy atom. The van der Waals surface area contributed by atoms with Gasteiger partial charge < -0.3 is 15.0 Å². The molecule has 2 aromatic rings. The first-order valence-electron chi connectivity index (χ1n) is 10.2. The first kappa shape index (κ1) is 21.5. The van der Waals surface area contributed by atoms with Gasteiger partial charge in [-0.15, -0.1) is 0 Å². The highest BCUT2D eigenvalue weighted by molar-refractivity contribution is 6.02. The largest absolute Gasteiger partial charge is 0.452 e. The van der Waals surface area contributed by atoms with Crippen LogP contribution in [-0.4, -0.2) is 37.6 Å². The summed E-state index contributed by atoms with van der Waals surface area (Å²) in [6, 6.07) is 12.1. The fourth-order valence-corrected chi connectivity index (χ4v) is 3.52. The lowest BCUT2D eigenvalue weighted by atomic mass is 10.1. The monoisotopic (exact) mass is 410 g/mol. The molecule has 7 heteroatoms. The Morgan fingerprint density at radius 2 is 1.70 bits per heavy atom. The number of ether oxygens (including phenoxy) is 1. The van der Waals surface area contributed by atoms with Crippen molar-refractivity contribution in [3.63, 3.8) is 0 Å². The van der Waals surface area contributed by atoms with Crippen LogP contribution in [0.15, 0.2) is 42.5 Å². The van der Waals surface area contributed by atoms with Crippen molar-refractivity contribution in [3.05, 3.63) is 64.7 Å². The molecular weight excluding hydrogens is 382 g/mol. The number of imide groups is 1. The summed E-state index contributed by atoms with van der Waals surface area (Å²) < 4.78 is 5.02. The van der Waals surface area contributed by atoms with Crippen molar-refractivity contribution < 1.29 is 24.0 Å². The SMILES string of the molecule is Cc1cccc(NC(=O)NC(=O)COC(=O)c2ccc(C[NH+]3CCCC3)cc2)c1C. The number of esters is 1. The summed E-state index contributed by atoms with van der Waals surface area (Å²) in [6.45, 7) is 6.62. The van der Waals surface area contributed by atoms with Gasteiger partial charge in [-0.1, -0.05) is 24.3 Å². The summed E-state index contributed by atoms with van der Waals surface area (Å²) in [5.41, 5.74) is 4.11. The Morgan fingerprint density at radius 1 is 1.00 bits per heavy atom. The minimum atomic E-state index is -0.694. The molecule has 1 aliphatic rings. The highest BCUT2D eigenvalue weighted by Gasteiger charge is 2.17. The maximum absolute atomic E-state index is 12.2. The van der Waals surface area contributed by atoms with Crippen LogP contribution in [0.25, 0.3) is 0 Å². The summed E-state index contributed by atoms with van der Waals surface area (Å²) in [5.74, 6) is -1.29. The third kappa shape index (κ3) is 5.90. The Bertz CT molecular complexity index is 919. The number of likely N-dealkylation sites (tertiary alicyclic amines) is 1. The Balaban J connectivity index is 1.44. The van der Waals surface area contributed by atoms with E-state index in [1.165, 1.54) is 31.5 Å². The number of hydrogen-bond acceptors (Lipinski definition) is 4. The average Bonchev–Trinajstić information content (AvgIpc) is 3.23. The van der Waals surface area contributed by atoms with Crippen LogP contribution in [0, 0.1) is 13.8 Å². The van der Waals surface area contributed by atoms with Gasteiger partial charge in [0.05, 0.1) is 18.7 Å². The smallest absolute Gasteiger partial charge is 0.338 e. The van der Waals surface area contributed by atoms with Gasteiger partial charge in [-0.25, -0.2) is 9.59 Å². The van der Waals surface area contributed by atoms with Gasteiger partial charge in [0.25, 0.3) is 5.91 Å². The second kappa shape index (κ2) is 10.0. The van der Waals surface area contributed by atoms with E-state index in [2.05, 4.69) is 10.6 Å². The van der Waals surface area contributed by atoms with Crippen LogP contribution in [0.3, 0.4) is 0 Å². The Kier molecular flexibility index (Phi) is 7.19. The fraction of sp³-hybridized carbons (Fsp3) is 0.348. The third-order valence-electron chi connectivity index (χ3n) is 5.39. The molecule has 0 bridgehead atoms. The molecule has 3 rings (SSSR count). The van der Waals surface area contributed by atoms with Crippen molar-refractivity contribution in [1.82, 2.24) is 5.32 Å². The molecule has 0 radical (unpaired) electrons. The first-order chi connectivity index (χ1) is 14.4. The van der Waals surface area contributed by atoms with Crippen molar-refractivity contribution in [1.29, 1.82) is 0 Å². The van der Waals surface area contributed by atoms with Gasteiger partial charge in [-0.3, -0.25) is 10.1 Å². The standard InChI is InChI=1S/C23H27N3O4/c1-16-6-5-7-20(17(16)2)24-23(29)25-21(27)15-30-22(28)19-10-8-18(9-11-19)14-26-12-3-4-13-26/h5-11H,3-4,12-15H2,1-2H3,(H2,24,25,27,29)/p+1. The van der Waals surface area contributed by atoms with Crippen molar-refractivity contribution in [2.45, 2.75) is 33.2 Å². The van der Waals surface area contributed by atoms with Gasteiger partial charge >= 0.3 is 12.0 Å². The number of benzene rings is 2. The minimum absolute atomic E-state index is 0.378. The lowest BCUT2D eigenvalue weighted by Gasteiger charge is -2.12. The van der Waals surface area contributed by atoms with E-state index in [1.807, 2.05) is 38.1 Å². The number of aryl methyl sites for hydroxylation is 1. The van der Waals surface area contributed by atoms with Gasteiger partial charge in [-0.2, -0.15) is 0 Å². The molecule has 1 fully saturated rings. The molecule has 0 atom stereocenters. The van der Waals surface area contributed by atoms with Crippen LogP contribution in [0.1, 0.15) is 39.9 Å². The minimum Gasteiger partial charge on any atom is -0.452 e. The van der Waals surface area contributed by atoms with E-state index >= 15 is 0 Å². The molecule has 1 heterocycles. The predicted octanol–water partition coefficient (Wildman–Crippen LogP) is 1.99. The van der Waals surface area contributed by atoms with E-state index in [4.69, 9.17) is 4.74 Å². The zero-order valence-corrected chi connectivity index (χ0v) is 17.4. The van der Waals surface area contributed by atoms with Crippen molar-refractivity contribution in [2.75, 3.05) is 25.0 Å². The molecule has 0 spiro atoms. The molecule has 3 amide bonds. The number of urea groups is 1. The predicted molar refractivity (Wildman–Crippen MR) is 113 cm³/mol. The van der Waals surface area contributed by atoms with Crippen LogP contribution >= 0.6 is 0 Å². The van der Waals surface area contributed by atoms with Crippen LogP contribution in [0.2, 0.25) is 0 Å². The van der Waals surface area contributed by atoms with Gasteiger partial charge in [-0.05, 0) is 43.2 Å². The summed E-state index contributed by atoms with van der Waals surface area (Å²) in [5, 5.41) is 4.79. The Labute approximate surface area is 176 Å². The molecule has 0 aromatic heterocycles. The maximum atomic E-state index is 12.2. The van der Waals surface area contributed by atoms with Gasteiger partial charge in [0.1, 0.15) is 6.54 Å². The maximum Gasteiger partial charge on any atom is 0.338 e. The zero-order valence-electron chi connectivity index (χ0n) is 17.4. The summed E-state index contributed by atoms with van der Waals surface area (Å²) in [4.78, 5) is 37.6. The molecule has 1 saturated heterocycles. The molecule has 0 aliphatic carbocycles. The van der Waals surface area contributed by atoms with Crippen molar-refractivity contribution in [3.8, 4) is 0 Å². The van der Waals surface area contributed by atoms with Gasteiger partial charge in [0.2, 0.25) is 0 Å². The van der Waals surface area contributed by atoms with Crippen LogP contribution in [0.5, 0.6) is 0 Å². The molecule has 7 nitrogen and oxygen atoms in total. The molecule has 1 aliphatic heterocycles. The van der Waals surface area contributed by atoms with Crippen LogP contribution in [-0.2, 0) is 16.1 Å². The van der Waals surface area contributed by atoms with E-state index in [9.17, 15) is 14.4 Å². The molecule has 30 heavy (non-hydrogen) atoms. The number of amides is 3. The lowest BCUT2D eigenvalue weighted by Crippen LogP contribution is -3.08. The van der Waals surface area contributed by atoms with E-state index < -0.39 is 24.5 Å². The normalized spacial score (nSPS) is 13.7. The van der Waals surface area contributed by atoms with Gasteiger partial charge in [0, 0.05) is 24.1 Å². The second-order valence-electron chi connectivity index (χ2n) is 7.66. The molecule has 158 valence electrons. The summed E-state index contributed by atoms with van der Waals surface area (Å²) >= 11 is 0. The highest BCUT2D eigenvalue weighted by Crippen LogP contribution is 2.17. The number of nitrogens with one attached hydrogen (secondary N) is 3. The summed E-state index contributed by atoms with van der Waals surface area (Å²) in [7, 11) is 0. The van der Waals surface area contributed by atoms with Crippen LogP contribution < -0.4 is 15.5 Å². The quantitative estimate of drug-likeness (QED) is 0.636. The lowest BCUT2D eigenvalue weighted by molar-refractivity contribution is -0.901. The topological polar surface area (TPSA) is 88.9 Å². The number of carbonyl (C=O) groups excluding carboxylic acids is 3. The Hall–Kier alpha value is -3.19. The van der Waals surface area contributed by atoms with Crippen molar-refractivity contribution >= 4 is 23.6 Å². The van der Waals surface area contributed by atoms with Crippen molar-refractivity contribution in [2.24, 2.45) is 0 Å². The first-order valence-corrected chi connectivity index (χ1v) is 10.2. The van der Waals surface area contributed by atoms with Gasteiger partial charge in [0.15, 0.2) is 6.61 Å². The van der Waals surface area contributed by atoms with E-state index in [0.717, 1.165) is 17.7 Å². The molecule has 2 aromatic carbocycles. The van der Waals surface area contributed by atoms with E-state index in [-0.39, 0.29) is 0 Å². The fourth-order valence-electron chi connectivity index (χ4n) is 3.52. The van der Waals surface area contributed by atoms with E-state index in [0.29, 0.717) is 11.3 Å². The average molecular weight is 410 g/mol. The summed E-state index contributed by atoms with van der Waals surface area (Å²) in [6.07, 6.45) is 2.54. The molecule has 3 N–H and O–H groups in total. The number of anilines is 1. The molecular formula is C23H28N3O4+. The number of quaternary nitrogens is 1. The highest BCUT2D eigenvalue weighted by atomic mass is 16.5. The number of hydrogen-bond donors (Lipinski definition) is 3. The third-order valence-corrected chi connectivity index (χ3v) is 5.39. The second-order valence-corrected chi connectivity index (χ2v) is 7.66. The number of rotatable bonds is 6. The van der Waals surface area contributed by atoms with E-state index in [1.54, 1.807) is 23.1 Å². The van der Waals surface area contributed by atoms with Crippen LogP contribution in [0.4, 0.5) is 10.5 Å². The molecule has 0 saturated carbocycles.